The van der Waals surface area contributed by atoms with E-state index in [1.165, 1.54) is 0 Å². The van der Waals surface area contributed by atoms with E-state index in [1.54, 1.807) is 6.08 Å². The van der Waals surface area contributed by atoms with Crippen molar-refractivity contribution in [1.29, 1.82) is 0 Å². The fourth-order valence-corrected chi connectivity index (χ4v) is 1.28. The third-order valence-corrected chi connectivity index (χ3v) is 1.84. The molecule has 14 heavy (non-hydrogen) atoms. The predicted molar refractivity (Wildman–Crippen MR) is 50.6 cm³/mol. The summed E-state index contributed by atoms with van der Waals surface area (Å²) in [4.78, 5) is 10.5. The first-order valence-electron chi connectivity index (χ1n) is 4.15. The minimum Gasteiger partial charge on any atom is -0.485 e. The first kappa shape index (κ1) is 8.62. The lowest BCUT2D eigenvalue weighted by Crippen LogP contribution is -2.17. The van der Waals surface area contributed by atoms with Gasteiger partial charge in [0.05, 0.1) is 0 Å². The largest absolute Gasteiger partial charge is 0.485 e. The average molecular weight is 191 g/mol. The summed E-state index contributed by atoms with van der Waals surface area (Å²) in [6.45, 7) is 0.236. The molecule has 2 rings (SSSR count). The molecular formula is C10H9NO3. The summed E-state index contributed by atoms with van der Waals surface area (Å²) < 4.78 is 10.1. The molecule has 0 aliphatic carbocycles. The summed E-state index contributed by atoms with van der Waals surface area (Å²) in [7, 11) is 0. The molecule has 0 atom stereocenters. The number of benzene rings is 1. The number of para-hydroxylation sites is 1. The van der Waals surface area contributed by atoms with Crippen molar-refractivity contribution in [3.63, 3.8) is 0 Å². The SMILES string of the molecule is NC(=O)OC1=Cc2ccccc2OC1. The monoisotopic (exact) mass is 191 g/mol. The molecule has 0 fully saturated rings. The summed E-state index contributed by atoms with van der Waals surface area (Å²) in [5, 5.41) is 0. The highest BCUT2D eigenvalue weighted by Gasteiger charge is 2.12. The highest BCUT2D eigenvalue weighted by molar-refractivity contribution is 5.69. The Hall–Kier alpha value is -1.97. The lowest BCUT2D eigenvalue weighted by atomic mass is 10.1. The molecule has 0 aromatic heterocycles. The second kappa shape index (κ2) is 3.41. The van der Waals surface area contributed by atoms with Crippen molar-refractivity contribution < 1.29 is 14.3 Å². The van der Waals surface area contributed by atoms with Crippen molar-refractivity contribution in [1.82, 2.24) is 0 Å². The lowest BCUT2D eigenvalue weighted by molar-refractivity contribution is 0.171. The third-order valence-electron chi connectivity index (χ3n) is 1.84. The molecule has 2 N–H and O–H groups in total. The molecule has 0 bridgehead atoms. The highest BCUT2D eigenvalue weighted by atomic mass is 16.6. The summed E-state index contributed by atoms with van der Waals surface area (Å²) in [6, 6.07) is 7.49. The van der Waals surface area contributed by atoms with E-state index in [0.717, 1.165) is 11.3 Å². The molecule has 0 saturated carbocycles. The van der Waals surface area contributed by atoms with Gasteiger partial charge in [-0.05, 0) is 12.1 Å². The van der Waals surface area contributed by atoms with Crippen LogP contribution in [0.2, 0.25) is 0 Å². The first-order valence-corrected chi connectivity index (χ1v) is 4.15. The number of carbonyl (C=O) groups excluding carboxylic acids is 1. The number of rotatable bonds is 1. The van der Waals surface area contributed by atoms with Crippen LogP contribution in [0, 0.1) is 0 Å². The number of nitrogens with two attached hydrogens (primary N) is 1. The van der Waals surface area contributed by atoms with Gasteiger partial charge in [-0.3, -0.25) is 0 Å². The molecule has 4 heteroatoms. The molecule has 1 aliphatic heterocycles. The minimum absolute atomic E-state index is 0.236. The Labute approximate surface area is 80.9 Å². The molecule has 0 saturated heterocycles. The number of fused-ring (bicyclic) bond motifs is 1. The van der Waals surface area contributed by atoms with Crippen LogP contribution in [0.4, 0.5) is 4.79 Å². The molecule has 4 nitrogen and oxygen atoms in total. The van der Waals surface area contributed by atoms with Gasteiger partial charge >= 0.3 is 6.09 Å². The Balaban J connectivity index is 2.26. The van der Waals surface area contributed by atoms with Crippen molar-refractivity contribution in [3.8, 4) is 5.75 Å². The molecule has 0 unspecified atom stereocenters. The van der Waals surface area contributed by atoms with E-state index in [1.807, 2.05) is 24.3 Å². The van der Waals surface area contributed by atoms with Crippen molar-refractivity contribution in [2.75, 3.05) is 6.61 Å². The van der Waals surface area contributed by atoms with Crippen LogP contribution in [0.5, 0.6) is 5.75 Å². The molecule has 0 radical (unpaired) electrons. The molecular weight excluding hydrogens is 182 g/mol. The van der Waals surface area contributed by atoms with Gasteiger partial charge in [0, 0.05) is 5.56 Å². The Morgan fingerprint density at radius 1 is 1.43 bits per heavy atom. The molecule has 1 aromatic rings. The number of carbonyl (C=O) groups is 1. The lowest BCUT2D eigenvalue weighted by Gasteiger charge is -2.16. The van der Waals surface area contributed by atoms with Gasteiger partial charge in [-0.2, -0.15) is 0 Å². The Bertz CT molecular complexity index is 398. The molecule has 1 aliphatic rings. The van der Waals surface area contributed by atoms with Crippen LogP contribution in [-0.4, -0.2) is 12.7 Å². The molecule has 1 aromatic carbocycles. The quantitative estimate of drug-likeness (QED) is 0.731. The summed E-state index contributed by atoms with van der Waals surface area (Å²) in [5.74, 6) is 1.21. The van der Waals surface area contributed by atoms with E-state index >= 15 is 0 Å². The van der Waals surface area contributed by atoms with Gasteiger partial charge in [-0.15, -0.1) is 0 Å². The topological polar surface area (TPSA) is 61.6 Å². The van der Waals surface area contributed by atoms with Crippen LogP contribution in [0.1, 0.15) is 5.56 Å². The van der Waals surface area contributed by atoms with Crippen molar-refractivity contribution in [3.05, 3.63) is 35.6 Å². The number of ether oxygens (including phenoxy) is 2. The zero-order valence-electron chi connectivity index (χ0n) is 7.40. The van der Waals surface area contributed by atoms with Crippen molar-refractivity contribution in [2.24, 2.45) is 5.73 Å². The maximum atomic E-state index is 10.5. The van der Waals surface area contributed by atoms with Gasteiger partial charge in [0.15, 0.2) is 0 Å². The smallest absolute Gasteiger partial charge is 0.409 e. The second-order valence-corrected chi connectivity index (χ2v) is 2.86. The fourth-order valence-electron chi connectivity index (χ4n) is 1.28. The van der Waals surface area contributed by atoms with Crippen LogP contribution < -0.4 is 10.5 Å². The van der Waals surface area contributed by atoms with Crippen LogP contribution in [-0.2, 0) is 4.74 Å². The van der Waals surface area contributed by atoms with Crippen LogP contribution in [0.25, 0.3) is 6.08 Å². The normalized spacial score (nSPS) is 13.6. The fraction of sp³-hybridized carbons (Fsp3) is 0.100. The number of primary amides is 1. The first-order chi connectivity index (χ1) is 6.75. The van der Waals surface area contributed by atoms with E-state index in [0.29, 0.717) is 5.76 Å². The Morgan fingerprint density at radius 2 is 2.21 bits per heavy atom. The summed E-state index contributed by atoms with van der Waals surface area (Å²) in [5.41, 5.74) is 5.77. The van der Waals surface area contributed by atoms with Crippen LogP contribution in [0.15, 0.2) is 30.0 Å². The van der Waals surface area contributed by atoms with Gasteiger partial charge in [0.1, 0.15) is 18.1 Å². The second-order valence-electron chi connectivity index (χ2n) is 2.86. The van der Waals surface area contributed by atoms with Gasteiger partial charge < -0.3 is 15.2 Å². The Kier molecular flexibility index (Phi) is 2.10. The maximum Gasteiger partial charge on any atom is 0.409 e. The van der Waals surface area contributed by atoms with Gasteiger partial charge in [-0.1, -0.05) is 18.2 Å². The highest BCUT2D eigenvalue weighted by Crippen LogP contribution is 2.25. The van der Waals surface area contributed by atoms with Crippen molar-refractivity contribution in [2.45, 2.75) is 0 Å². The molecule has 1 amide bonds. The summed E-state index contributed by atoms with van der Waals surface area (Å²) >= 11 is 0. The molecule has 72 valence electrons. The minimum atomic E-state index is -0.820. The zero-order chi connectivity index (χ0) is 9.97. The Morgan fingerprint density at radius 3 is 3.00 bits per heavy atom. The van der Waals surface area contributed by atoms with Gasteiger partial charge in [-0.25, -0.2) is 4.79 Å². The van der Waals surface area contributed by atoms with Crippen LogP contribution >= 0.6 is 0 Å². The summed E-state index contributed by atoms with van der Waals surface area (Å²) in [6.07, 6.45) is 0.920. The van der Waals surface area contributed by atoms with E-state index in [4.69, 9.17) is 15.2 Å². The number of amides is 1. The zero-order valence-corrected chi connectivity index (χ0v) is 7.40. The maximum absolute atomic E-state index is 10.5. The third kappa shape index (κ3) is 1.69. The molecule has 0 spiro atoms. The van der Waals surface area contributed by atoms with Crippen LogP contribution in [0.3, 0.4) is 0 Å². The van der Waals surface area contributed by atoms with E-state index in [2.05, 4.69) is 0 Å². The van der Waals surface area contributed by atoms with E-state index < -0.39 is 6.09 Å². The van der Waals surface area contributed by atoms with Gasteiger partial charge in [0.2, 0.25) is 0 Å². The predicted octanol–water partition coefficient (Wildman–Crippen LogP) is 1.52. The van der Waals surface area contributed by atoms with Gasteiger partial charge in [0.25, 0.3) is 0 Å². The average Bonchev–Trinajstić information content (AvgIpc) is 2.17. The standard InChI is InChI=1S/C10H9NO3/c11-10(12)14-8-5-7-3-1-2-4-9(7)13-6-8/h1-5H,6H2,(H2,11,12). The molecule has 1 heterocycles. The number of hydrogen-bond acceptors (Lipinski definition) is 3. The van der Waals surface area contributed by atoms with Crippen molar-refractivity contribution >= 4 is 12.2 Å². The number of hydrogen-bond donors (Lipinski definition) is 1. The van der Waals surface area contributed by atoms with E-state index in [9.17, 15) is 4.79 Å². The van der Waals surface area contributed by atoms with E-state index in [-0.39, 0.29) is 6.61 Å².